The van der Waals surface area contributed by atoms with Crippen LogP contribution in [0.4, 0.5) is 5.82 Å². The van der Waals surface area contributed by atoms with E-state index < -0.39 is 0 Å². The molecule has 1 heterocycles. The summed E-state index contributed by atoms with van der Waals surface area (Å²) in [6.45, 7) is 2.81. The van der Waals surface area contributed by atoms with Crippen LogP contribution in [0.15, 0.2) is 12.4 Å². The van der Waals surface area contributed by atoms with Gasteiger partial charge in [0.15, 0.2) is 11.5 Å². The number of rotatable bonds is 6. The summed E-state index contributed by atoms with van der Waals surface area (Å²) in [5, 5.41) is 2.78. The minimum atomic E-state index is -0.248. The Morgan fingerprint density at radius 1 is 1.31 bits per heavy atom. The number of unbranched alkanes of at least 4 members (excludes halogenated alkanes) is 3. The lowest BCUT2D eigenvalue weighted by molar-refractivity contribution is 0.0948. The lowest BCUT2D eigenvalue weighted by Crippen LogP contribution is -2.26. The molecule has 0 saturated carbocycles. The van der Waals surface area contributed by atoms with E-state index in [-0.39, 0.29) is 17.4 Å². The van der Waals surface area contributed by atoms with E-state index in [4.69, 9.17) is 5.73 Å². The average Bonchev–Trinajstić information content (AvgIpc) is 2.29. The number of anilines is 1. The second kappa shape index (κ2) is 6.76. The van der Waals surface area contributed by atoms with Crippen LogP contribution in [0.3, 0.4) is 0 Å². The van der Waals surface area contributed by atoms with Gasteiger partial charge in [-0.05, 0) is 6.42 Å². The third-order valence-electron chi connectivity index (χ3n) is 2.26. The first-order valence-electron chi connectivity index (χ1n) is 5.60. The van der Waals surface area contributed by atoms with Gasteiger partial charge in [0.1, 0.15) is 0 Å². The first-order chi connectivity index (χ1) is 7.75. The van der Waals surface area contributed by atoms with Crippen molar-refractivity contribution in [3.05, 3.63) is 18.1 Å². The van der Waals surface area contributed by atoms with Crippen molar-refractivity contribution < 1.29 is 4.79 Å². The van der Waals surface area contributed by atoms with Crippen molar-refractivity contribution in [1.29, 1.82) is 0 Å². The molecule has 0 spiro atoms. The fourth-order valence-electron chi connectivity index (χ4n) is 1.36. The van der Waals surface area contributed by atoms with Gasteiger partial charge in [0.05, 0.1) is 0 Å². The molecule has 5 nitrogen and oxygen atoms in total. The fraction of sp³-hybridized carbons (Fsp3) is 0.545. The maximum atomic E-state index is 11.6. The van der Waals surface area contributed by atoms with Crippen LogP contribution < -0.4 is 11.1 Å². The van der Waals surface area contributed by atoms with Gasteiger partial charge in [0.25, 0.3) is 5.91 Å². The maximum absolute atomic E-state index is 11.6. The molecule has 1 amide bonds. The van der Waals surface area contributed by atoms with E-state index in [1.807, 2.05) is 0 Å². The van der Waals surface area contributed by atoms with Crippen molar-refractivity contribution in [2.75, 3.05) is 12.3 Å². The highest BCUT2D eigenvalue weighted by Crippen LogP contribution is 2.02. The van der Waals surface area contributed by atoms with E-state index in [1.165, 1.54) is 25.2 Å². The largest absolute Gasteiger partial charge is 0.382 e. The molecular weight excluding hydrogens is 204 g/mol. The van der Waals surface area contributed by atoms with Crippen LogP contribution in [0.5, 0.6) is 0 Å². The predicted molar refractivity (Wildman–Crippen MR) is 62.9 cm³/mol. The van der Waals surface area contributed by atoms with E-state index in [0.717, 1.165) is 12.8 Å². The lowest BCUT2D eigenvalue weighted by atomic mass is 10.2. The number of carbonyl (C=O) groups excluding carboxylic acids is 1. The Morgan fingerprint density at radius 3 is 2.75 bits per heavy atom. The number of hydrogen-bond acceptors (Lipinski definition) is 4. The van der Waals surface area contributed by atoms with Gasteiger partial charge >= 0.3 is 0 Å². The molecule has 0 saturated heterocycles. The summed E-state index contributed by atoms with van der Waals surface area (Å²) in [5.41, 5.74) is 5.75. The van der Waals surface area contributed by atoms with Crippen molar-refractivity contribution in [1.82, 2.24) is 15.3 Å². The smallest absolute Gasteiger partial charge is 0.273 e. The number of amides is 1. The second-order valence-corrected chi connectivity index (χ2v) is 3.61. The first kappa shape index (κ1) is 12.4. The van der Waals surface area contributed by atoms with Crippen LogP contribution in [0, 0.1) is 0 Å². The highest BCUT2D eigenvalue weighted by molar-refractivity contribution is 5.96. The number of nitrogens with two attached hydrogens (primary N) is 1. The quantitative estimate of drug-likeness (QED) is 0.712. The molecule has 3 N–H and O–H groups in total. The highest BCUT2D eigenvalue weighted by atomic mass is 16.1. The number of nitrogen functional groups attached to an aromatic ring is 1. The molecule has 0 aliphatic carbocycles. The molecule has 88 valence electrons. The summed E-state index contributed by atoms with van der Waals surface area (Å²) >= 11 is 0. The van der Waals surface area contributed by atoms with Gasteiger partial charge in [-0.2, -0.15) is 0 Å². The monoisotopic (exact) mass is 222 g/mol. The Morgan fingerprint density at radius 2 is 2.06 bits per heavy atom. The molecule has 0 bridgehead atoms. The summed E-state index contributed by atoms with van der Waals surface area (Å²) in [6.07, 6.45) is 7.43. The lowest BCUT2D eigenvalue weighted by Gasteiger charge is -2.05. The third-order valence-corrected chi connectivity index (χ3v) is 2.26. The highest BCUT2D eigenvalue weighted by Gasteiger charge is 2.10. The van der Waals surface area contributed by atoms with Gasteiger partial charge in [-0.15, -0.1) is 0 Å². The SMILES string of the molecule is CCCCCCNC(=O)c1nccnc1N. The molecule has 0 aliphatic heterocycles. The number of aromatic nitrogens is 2. The number of hydrogen-bond donors (Lipinski definition) is 2. The molecule has 5 heteroatoms. The molecule has 1 aromatic rings. The van der Waals surface area contributed by atoms with Gasteiger partial charge in [-0.1, -0.05) is 26.2 Å². The predicted octanol–water partition coefficient (Wildman–Crippen LogP) is 1.37. The molecule has 0 aromatic carbocycles. The molecule has 0 atom stereocenters. The normalized spacial score (nSPS) is 10.1. The van der Waals surface area contributed by atoms with Crippen molar-refractivity contribution in [2.45, 2.75) is 32.6 Å². The molecule has 16 heavy (non-hydrogen) atoms. The zero-order chi connectivity index (χ0) is 11.8. The Kier molecular flexibility index (Phi) is 5.25. The first-order valence-corrected chi connectivity index (χ1v) is 5.60. The third kappa shape index (κ3) is 3.84. The van der Waals surface area contributed by atoms with E-state index in [9.17, 15) is 4.79 Å². The van der Waals surface area contributed by atoms with Gasteiger partial charge in [0.2, 0.25) is 0 Å². The molecular formula is C11H18N4O. The molecule has 0 fully saturated rings. The Balaban J connectivity index is 2.33. The van der Waals surface area contributed by atoms with Crippen LogP contribution in [0.2, 0.25) is 0 Å². The number of nitrogens with one attached hydrogen (secondary N) is 1. The number of carbonyl (C=O) groups is 1. The van der Waals surface area contributed by atoms with Crippen LogP contribution in [0.1, 0.15) is 43.1 Å². The molecule has 1 aromatic heterocycles. The van der Waals surface area contributed by atoms with E-state index in [2.05, 4.69) is 22.2 Å². The van der Waals surface area contributed by atoms with Gasteiger partial charge in [-0.3, -0.25) is 4.79 Å². The fourth-order valence-corrected chi connectivity index (χ4v) is 1.36. The van der Waals surface area contributed by atoms with Gasteiger partial charge in [-0.25, -0.2) is 9.97 Å². The molecule has 1 rings (SSSR count). The van der Waals surface area contributed by atoms with Crippen molar-refractivity contribution in [2.24, 2.45) is 0 Å². The summed E-state index contributed by atoms with van der Waals surface area (Å²) < 4.78 is 0. The average molecular weight is 222 g/mol. The standard InChI is InChI=1S/C11H18N4O/c1-2-3-4-5-6-15-11(16)9-10(12)14-8-7-13-9/h7-8H,2-6H2,1H3,(H2,12,14)(H,15,16). The van der Waals surface area contributed by atoms with E-state index in [0.29, 0.717) is 6.54 Å². The zero-order valence-corrected chi connectivity index (χ0v) is 9.57. The summed E-state index contributed by atoms with van der Waals surface area (Å²) in [5.74, 6) is -0.0735. The van der Waals surface area contributed by atoms with Gasteiger partial charge < -0.3 is 11.1 Å². The molecule has 0 radical (unpaired) electrons. The second-order valence-electron chi connectivity index (χ2n) is 3.61. The summed E-state index contributed by atoms with van der Waals surface area (Å²) in [4.78, 5) is 19.3. The molecule has 0 aliphatic rings. The van der Waals surface area contributed by atoms with Crippen LogP contribution in [-0.4, -0.2) is 22.4 Å². The minimum absolute atomic E-state index is 0.175. The van der Waals surface area contributed by atoms with Crippen molar-refractivity contribution >= 4 is 11.7 Å². The van der Waals surface area contributed by atoms with Crippen LogP contribution in [-0.2, 0) is 0 Å². The van der Waals surface area contributed by atoms with Gasteiger partial charge in [0, 0.05) is 18.9 Å². The topological polar surface area (TPSA) is 80.9 Å². The van der Waals surface area contributed by atoms with Crippen molar-refractivity contribution in [3.63, 3.8) is 0 Å². The van der Waals surface area contributed by atoms with E-state index >= 15 is 0 Å². The van der Waals surface area contributed by atoms with Crippen LogP contribution in [0.25, 0.3) is 0 Å². The molecule has 0 unspecified atom stereocenters. The Bertz CT molecular complexity index is 341. The summed E-state index contributed by atoms with van der Waals surface area (Å²) in [6, 6.07) is 0. The van der Waals surface area contributed by atoms with E-state index in [1.54, 1.807) is 0 Å². The Hall–Kier alpha value is -1.65. The minimum Gasteiger partial charge on any atom is -0.382 e. The number of nitrogens with zero attached hydrogens (tertiary/aromatic N) is 2. The zero-order valence-electron chi connectivity index (χ0n) is 9.57. The maximum Gasteiger partial charge on any atom is 0.273 e. The van der Waals surface area contributed by atoms with Crippen molar-refractivity contribution in [3.8, 4) is 0 Å². The Labute approximate surface area is 95.5 Å². The summed E-state index contributed by atoms with van der Waals surface area (Å²) in [7, 11) is 0. The van der Waals surface area contributed by atoms with Crippen LogP contribution >= 0.6 is 0 Å².